The molecule has 0 radical (unpaired) electrons. The Labute approximate surface area is 168 Å². The van der Waals surface area contributed by atoms with Gasteiger partial charge >= 0.3 is 6.03 Å². The summed E-state index contributed by atoms with van der Waals surface area (Å²) in [5.41, 5.74) is 7.30. The summed E-state index contributed by atoms with van der Waals surface area (Å²) in [4.78, 5) is 16.0. The Bertz CT molecular complexity index is 1010. The third kappa shape index (κ3) is 4.60. The number of ether oxygens (including phenoxy) is 1. The second kappa shape index (κ2) is 8.73. The minimum absolute atomic E-state index is 0.197. The summed E-state index contributed by atoms with van der Waals surface area (Å²) in [5, 5.41) is 3.13. The van der Waals surface area contributed by atoms with E-state index in [1.807, 2.05) is 49.6 Å². The van der Waals surface area contributed by atoms with Crippen LogP contribution < -0.4 is 21.3 Å². The van der Waals surface area contributed by atoms with Gasteiger partial charge in [-0.05, 0) is 67.4 Å². The van der Waals surface area contributed by atoms with E-state index in [1.54, 1.807) is 24.4 Å². The molecule has 0 fully saturated rings. The van der Waals surface area contributed by atoms with Crippen molar-refractivity contribution < 1.29 is 9.53 Å². The Kier molecular flexibility index (Phi) is 6.13. The fourth-order valence-corrected chi connectivity index (χ4v) is 3.02. The molecule has 0 aliphatic rings. The van der Waals surface area contributed by atoms with Crippen LogP contribution >= 0.6 is 11.6 Å². The van der Waals surface area contributed by atoms with Gasteiger partial charge in [0.2, 0.25) is 0 Å². The lowest BCUT2D eigenvalue weighted by Gasteiger charge is -2.15. The Morgan fingerprint density at radius 3 is 2.71 bits per heavy atom. The number of hydrogen-bond acceptors (Lipinski definition) is 4. The van der Waals surface area contributed by atoms with Crippen molar-refractivity contribution in [3.05, 3.63) is 76.4 Å². The molecular formula is C21H21ClN4O2. The minimum atomic E-state index is -0.533. The highest BCUT2D eigenvalue weighted by atomic mass is 35.5. The van der Waals surface area contributed by atoms with E-state index in [4.69, 9.17) is 22.2 Å². The van der Waals surface area contributed by atoms with Gasteiger partial charge in [-0.2, -0.15) is 0 Å². The molecule has 6 nitrogen and oxygen atoms in total. The van der Waals surface area contributed by atoms with E-state index in [0.717, 1.165) is 28.1 Å². The number of nitrogens with one attached hydrogen (secondary N) is 2. The molecule has 0 saturated heterocycles. The Balaban J connectivity index is 1.79. The predicted molar refractivity (Wildman–Crippen MR) is 111 cm³/mol. The molecule has 3 aromatic rings. The maximum Gasteiger partial charge on any atom is 0.333 e. The number of benzene rings is 2. The molecule has 28 heavy (non-hydrogen) atoms. The highest BCUT2D eigenvalue weighted by molar-refractivity contribution is 6.31. The zero-order chi connectivity index (χ0) is 20.1. The van der Waals surface area contributed by atoms with Gasteiger partial charge in [0.05, 0.1) is 11.4 Å². The molecule has 0 spiro atoms. The number of carbonyl (C=O) groups excluding carboxylic acids is 1. The summed E-state index contributed by atoms with van der Waals surface area (Å²) in [5.74, 6) is 5.86. The number of nitrogens with zero attached hydrogens (tertiary/aromatic N) is 1. The molecule has 7 heteroatoms. The van der Waals surface area contributed by atoms with E-state index in [0.29, 0.717) is 16.3 Å². The van der Waals surface area contributed by atoms with Crippen LogP contribution in [0.1, 0.15) is 16.7 Å². The van der Waals surface area contributed by atoms with Crippen molar-refractivity contribution >= 4 is 23.3 Å². The van der Waals surface area contributed by atoms with Gasteiger partial charge in [0.25, 0.3) is 0 Å². The number of halogens is 1. The molecule has 1 heterocycles. The molecule has 4 N–H and O–H groups in total. The molecule has 0 aliphatic heterocycles. The average Bonchev–Trinajstić information content (AvgIpc) is 2.68. The average molecular weight is 397 g/mol. The number of amides is 2. The number of hydrogen-bond donors (Lipinski definition) is 3. The Morgan fingerprint density at radius 2 is 2.00 bits per heavy atom. The molecular weight excluding hydrogens is 376 g/mol. The Morgan fingerprint density at radius 1 is 1.18 bits per heavy atom. The van der Waals surface area contributed by atoms with Gasteiger partial charge in [0.1, 0.15) is 12.4 Å². The monoisotopic (exact) mass is 396 g/mol. The van der Waals surface area contributed by atoms with Gasteiger partial charge in [-0.1, -0.05) is 17.7 Å². The standard InChI is InChI=1S/C21H21ClN4O2/c1-13-8-9-24-19(10-13)15-6-7-20(14(2)11-15)28-12-16-17(22)4-3-5-18(16)25-21(27)26-23/h3-11H,12,23H2,1-2H3,(H2,25,26,27). The molecule has 144 valence electrons. The van der Waals surface area contributed by atoms with Crippen LogP contribution in [0, 0.1) is 13.8 Å². The maximum atomic E-state index is 11.5. The van der Waals surface area contributed by atoms with E-state index in [2.05, 4.69) is 10.3 Å². The van der Waals surface area contributed by atoms with E-state index in [1.165, 1.54) is 0 Å². The van der Waals surface area contributed by atoms with E-state index >= 15 is 0 Å². The molecule has 2 amide bonds. The zero-order valence-electron chi connectivity index (χ0n) is 15.6. The smallest absolute Gasteiger partial charge is 0.333 e. The van der Waals surface area contributed by atoms with Gasteiger partial charge in [-0.25, -0.2) is 10.6 Å². The van der Waals surface area contributed by atoms with Gasteiger partial charge in [0.15, 0.2) is 0 Å². The van der Waals surface area contributed by atoms with Crippen LogP contribution in [-0.4, -0.2) is 11.0 Å². The zero-order valence-corrected chi connectivity index (χ0v) is 16.4. The van der Waals surface area contributed by atoms with E-state index in [-0.39, 0.29) is 6.61 Å². The van der Waals surface area contributed by atoms with Crippen molar-refractivity contribution in [3.8, 4) is 17.0 Å². The fourth-order valence-electron chi connectivity index (χ4n) is 2.80. The maximum absolute atomic E-state index is 11.5. The highest BCUT2D eigenvalue weighted by Crippen LogP contribution is 2.29. The van der Waals surface area contributed by atoms with Crippen molar-refractivity contribution in [3.63, 3.8) is 0 Å². The van der Waals surface area contributed by atoms with Crippen molar-refractivity contribution in [2.45, 2.75) is 20.5 Å². The summed E-state index contributed by atoms with van der Waals surface area (Å²) in [6.07, 6.45) is 1.80. The second-order valence-corrected chi connectivity index (χ2v) is 6.76. The van der Waals surface area contributed by atoms with Crippen LogP contribution in [0.4, 0.5) is 10.5 Å². The van der Waals surface area contributed by atoms with Crippen molar-refractivity contribution in [2.24, 2.45) is 5.84 Å². The summed E-state index contributed by atoms with van der Waals surface area (Å²) in [7, 11) is 0. The van der Waals surface area contributed by atoms with Gasteiger partial charge in [0, 0.05) is 22.3 Å². The van der Waals surface area contributed by atoms with Crippen molar-refractivity contribution in [1.82, 2.24) is 10.4 Å². The first-order valence-electron chi connectivity index (χ1n) is 8.69. The Hall–Kier alpha value is -3.09. The van der Waals surface area contributed by atoms with E-state index < -0.39 is 6.03 Å². The molecule has 1 aromatic heterocycles. The number of rotatable bonds is 5. The second-order valence-electron chi connectivity index (χ2n) is 6.35. The largest absolute Gasteiger partial charge is 0.488 e. The fraction of sp³-hybridized carbons (Fsp3) is 0.143. The number of hydrazine groups is 1. The van der Waals surface area contributed by atoms with Crippen LogP contribution in [0.3, 0.4) is 0 Å². The molecule has 0 atom stereocenters. The van der Waals surface area contributed by atoms with Gasteiger partial charge in [-0.3, -0.25) is 10.4 Å². The van der Waals surface area contributed by atoms with E-state index in [9.17, 15) is 4.79 Å². The number of nitrogens with two attached hydrogens (primary N) is 1. The minimum Gasteiger partial charge on any atom is -0.488 e. The number of anilines is 1. The molecule has 0 aliphatic carbocycles. The molecule has 0 unspecified atom stereocenters. The third-order valence-corrected chi connectivity index (χ3v) is 4.61. The SMILES string of the molecule is Cc1ccnc(-c2ccc(OCc3c(Cl)cccc3NC(=O)NN)c(C)c2)c1. The quantitative estimate of drug-likeness (QED) is 0.334. The van der Waals surface area contributed by atoms with Crippen LogP contribution in [0.25, 0.3) is 11.3 Å². The first-order valence-corrected chi connectivity index (χ1v) is 9.07. The predicted octanol–water partition coefficient (Wildman–Crippen LogP) is 4.59. The number of carbonyl (C=O) groups is 1. The number of aromatic nitrogens is 1. The number of urea groups is 1. The van der Waals surface area contributed by atoms with Gasteiger partial charge < -0.3 is 10.1 Å². The molecule has 3 rings (SSSR count). The normalized spacial score (nSPS) is 10.4. The lowest BCUT2D eigenvalue weighted by molar-refractivity contribution is 0.252. The van der Waals surface area contributed by atoms with Crippen LogP contribution in [-0.2, 0) is 6.61 Å². The lowest BCUT2D eigenvalue weighted by atomic mass is 10.1. The summed E-state index contributed by atoms with van der Waals surface area (Å²) in [6.45, 7) is 4.21. The first-order chi connectivity index (χ1) is 13.5. The molecule has 0 saturated carbocycles. The summed E-state index contributed by atoms with van der Waals surface area (Å²) in [6, 6.07) is 14.6. The topological polar surface area (TPSA) is 89.3 Å². The highest BCUT2D eigenvalue weighted by Gasteiger charge is 2.12. The summed E-state index contributed by atoms with van der Waals surface area (Å²) < 4.78 is 5.97. The van der Waals surface area contributed by atoms with Crippen LogP contribution in [0.5, 0.6) is 5.75 Å². The lowest BCUT2D eigenvalue weighted by Crippen LogP contribution is -2.34. The molecule has 2 aromatic carbocycles. The van der Waals surface area contributed by atoms with Crippen LogP contribution in [0.15, 0.2) is 54.7 Å². The van der Waals surface area contributed by atoms with Crippen LogP contribution in [0.2, 0.25) is 5.02 Å². The number of aryl methyl sites for hydroxylation is 2. The third-order valence-electron chi connectivity index (χ3n) is 4.26. The molecule has 0 bridgehead atoms. The van der Waals surface area contributed by atoms with Gasteiger partial charge in [-0.15, -0.1) is 0 Å². The number of pyridine rings is 1. The summed E-state index contributed by atoms with van der Waals surface area (Å²) >= 11 is 6.29. The van der Waals surface area contributed by atoms with Crippen molar-refractivity contribution in [1.29, 1.82) is 0 Å². The first kappa shape index (κ1) is 19.7. The van der Waals surface area contributed by atoms with Crippen molar-refractivity contribution in [2.75, 3.05) is 5.32 Å².